The van der Waals surface area contributed by atoms with Crippen LogP contribution in [0.3, 0.4) is 0 Å². The van der Waals surface area contributed by atoms with Crippen molar-refractivity contribution in [2.45, 2.75) is 115 Å². The first-order valence-corrected chi connectivity index (χ1v) is 20.5. The zero-order chi connectivity index (χ0) is 19.0. The summed E-state index contributed by atoms with van der Waals surface area (Å²) in [6.07, 6.45) is 22.6. The van der Waals surface area contributed by atoms with Gasteiger partial charge in [-0.25, -0.2) is 0 Å². The van der Waals surface area contributed by atoms with E-state index in [2.05, 4.69) is 19.1 Å². The number of hydrogen-bond acceptors (Lipinski definition) is 0. The number of halogens is 1. The molecule has 3 aliphatic carbocycles. The normalized spacial score (nSPS) is 23.5. The summed E-state index contributed by atoms with van der Waals surface area (Å²) < 4.78 is 3.14. The Balaban J connectivity index is 0.000000253. The van der Waals surface area contributed by atoms with E-state index in [4.69, 9.17) is 8.92 Å². The maximum absolute atomic E-state index is 7.79. The Hall–Kier alpha value is 0.309. The molecular formula is C25H41ClSn. The molecule has 3 saturated carbocycles. The third-order valence-electron chi connectivity index (χ3n) is 7.63. The molecule has 3 aliphatic rings. The van der Waals surface area contributed by atoms with Crippen LogP contribution in [-0.4, -0.2) is 17.3 Å². The summed E-state index contributed by atoms with van der Waals surface area (Å²) in [5, 5.41) is 0. The summed E-state index contributed by atoms with van der Waals surface area (Å²) in [6.45, 7) is 2.08. The second-order valence-electron chi connectivity index (χ2n) is 9.49. The molecule has 0 amide bonds. The summed E-state index contributed by atoms with van der Waals surface area (Å²) >= 11 is -2.47. The van der Waals surface area contributed by atoms with Crippen molar-refractivity contribution >= 4 is 26.2 Å². The zero-order valence-corrected chi connectivity index (χ0v) is 21.2. The van der Waals surface area contributed by atoms with Gasteiger partial charge in [-0.1, -0.05) is 35.9 Å². The second-order valence-corrected chi connectivity index (χ2v) is 25.6. The Morgan fingerprint density at radius 2 is 0.926 bits per heavy atom. The topological polar surface area (TPSA) is 0 Å². The van der Waals surface area contributed by atoms with Crippen molar-refractivity contribution in [1.29, 1.82) is 0 Å². The van der Waals surface area contributed by atoms with Crippen molar-refractivity contribution in [3.63, 3.8) is 0 Å². The van der Waals surface area contributed by atoms with Crippen molar-refractivity contribution in [1.82, 2.24) is 0 Å². The van der Waals surface area contributed by atoms with Crippen LogP contribution in [0.1, 0.15) is 102 Å². The molecule has 1 aromatic carbocycles. The summed E-state index contributed by atoms with van der Waals surface area (Å²) in [5.41, 5.74) is 1.32. The van der Waals surface area contributed by atoms with E-state index in [1.807, 2.05) is 18.2 Å². The molecule has 27 heavy (non-hydrogen) atoms. The zero-order valence-electron chi connectivity index (χ0n) is 17.6. The van der Waals surface area contributed by atoms with Crippen molar-refractivity contribution in [2.75, 3.05) is 0 Å². The van der Waals surface area contributed by atoms with Gasteiger partial charge in [0.25, 0.3) is 0 Å². The number of hydrogen-bond donors (Lipinski definition) is 0. The fourth-order valence-corrected chi connectivity index (χ4v) is 27.3. The predicted molar refractivity (Wildman–Crippen MR) is 123 cm³/mol. The van der Waals surface area contributed by atoms with E-state index in [0.29, 0.717) is 0 Å². The molecule has 0 aromatic heterocycles. The van der Waals surface area contributed by atoms with Gasteiger partial charge in [0.05, 0.1) is 0 Å². The molecule has 0 aliphatic heterocycles. The van der Waals surface area contributed by atoms with E-state index in [1.54, 1.807) is 0 Å². The van der Waals surface area contributed by atoms with Crippen LogP contribution in [0.2, 0.25) is 11.8 Å². The first kappa shape index (κ1) is 22.0. The van der Waals surface area contributed by atoms with Crippen LogP contribution in [0.15, 0.2) is 30.3 Å². The third-order valence-corrected chi connectivity index (χ3v) is 29.5. The SMILES string of the molecule is Cc1ccccc1.[Cl][Sn]([CH]1CCCCC1)([CH]1CCCCC1)[CH]1CCCCC1. The van der Waals surface area contributed by atoms with Crippen LogP contribution < -0.4 is 0 Å². The first-order chi connectivity index (χ1) is 13.2. The van der Waals surface area contributed by atoms with E-state index in [9.17, 15) is 0 Å². The van der Waals surface area contributed by atoms with Crippen LogP contribution in [-0.2, 0) is 0 Å². The fraction of sp³-hybridized carbons (Fsp3) is 0.760. The van der Waals surface area contributed by atoms with Crippen molar-refractivity contribution < 1.29 is 0 Å². The Labute approximate surface area is 176 Å². The molecule has 0 N–H and O–H groups in total. The van der Waals surface area contributed by atoms with E-state index >= 15 is 0 Å². The molecule has 1 aromatic rings. The minimum atomic E-state index is -2.47. The molecule has 0 saturated heterocycles. The van der Waals surface area contributed by atoms with Crippen LogP contribution in [0, 0.1) is 6.92 Å². The number of aryl methyl sites for hydroxylation is 1. The van der Waals surface area contributed by atoms with E-state index < -0.39 is 17.3 Å². The van der Waals surface area contributed by atoms with Gasteiger partial charge in [-0.05, 0) is 6.92 Å². The van der Waals surface area contributed by atoms with Crippen LogP contribution in [0.25, 0.3) is 0 Å². The molecule has 0 unspecified atom stereocenters. The molecule has 3 fully saturated rings. The monoisotopic (exact) mass is 496 g/mol. The summed E-state index contributed by atoms with van der Waals surface area (Å²) in [4.78, 5) is 0. The Kier molecular flexibility index (Phi) is 9.36. The maximum atomic E-state index is 7.79. The standard InChI is InChI=1S/C7H8.3C6H11.ClH.Sn/c1-7-5-3-2-4-6-7;3*1-2-4-6-5-3-1;;/h2-6H,1H3;3*1H,2-6H2;1H;/q;;;;;+1/p-1. The molecule has 0 bridgehead atoms. The van der Waals surface area contributed by atoms with Gasteiger partial charge in [0, 0.05) is 0 Å². The average Bonchev–Trinajstić information content (AvgIpc) is 2.76. The minimum absolute atomic E-state index is 1.05. The molecule has 0 radical (unpaired) electrons. The summed E-state index contributed by atoms with van der Waals surface area (Å²) in [5.74, 6) is 0. The van der Waals surface area contributed by atoms with Crippen LogP contribution in [0.5, 0.6) is 0 Å². The van der Waals surface area contributed by atoms with Gasteiger partial charge in [-0.15, -0.1) is 0 Å². The molecule has 0 spiro atoms. The molecule has 152 valence electrons. The molecule has 0 nitrogen and oxygen atoms in total. The summed E-state index contributed by atoms with van der Waals surface area (Å²) in [6, 6.07) is 10.3. The molecule has 4 rings (SSSR count). The van der Waals surface area contributed by atoms with Gasteiger partial charge >= 0.3 is 134 Å². The van der Waals surface area contributed by atoms with E-state index in [1.165, 1.54) is 102 Å². The average molecular weight is 496 g/mol. The summed E-state index contributed by atoms with van der Waals surface area (Å²) in [7, 11) is 7.79. The van der Waals surface area contributed by atoms with Gasteiger partial charge < -0.3 is 0 Å². The fourth-order valence-electron chi connectivity index (χ4n) is 6.17. The predicted octanol–water partition coefficient (Wildman–Crippen LogP) is 9.17. The molecule has 0 atom stereocenters. The van der Waals surface area contributed by atoms with Crippen LogP contribution >= 0.6 is 8.92 Å². The Morgan fingerprint density at radius 3 is 1.19 bits per heavy atom. The Bertz CT molecular complexity index is 465. The molecule has 2 heteroatoms. The molecular weight excluding hydrogens is 454 g/mol. The van der Waals surface area contributed by atoms with Gasteiger partial charge in [0.15, 0.2) is 0 Å². The number of benzene rings is 1. The first-order valence-electron chi connectivity index (χ1n) is 11.9. The van der Waals surface area contributed by atoms with Gasteiger partial charge in [-0.3, -0.25) is 0 Å². The quantitative estimate of drug-likeness (QED) is 0.367. The van der Waals surface area contributed by atoms with Gasteiger partial charge in [0.2, 0.25) is 0 Å². The van der Waals surface area contributed by atoms with Crippen molar-refractivity contribution in [3.8, 4) is 0 Å². The molecule has 0 heterocycles. The van der Waals surface area contributed by atoms with Gasteiger partial charge in [0.1, 0.15) is 0 Å². The second kappa shape index (κ2) is 11.5. The third kappa shape index (κ3) is 6.14. The van der Waals surface area contributed by atoms with E-state index in [0.717, 1.165) is 11.8 Å². The van der Waals surface area contributed by atoms with E-state index in [-0.39, 0.29) is 0 Å². The van der Waals surface area contributed by atoms with Crippen LogP contribution in [0.4, 0.5) is 0 Å². The van der Waals surface area contributed by atoms with Crippen molar-refractivity contribution in [2.24, 2.45) is 0 Å². The Morgan fingerprint density at radius 1 is 0.593 bits per heavy atom. The van der Waals surface area contributed by atoms with Crippen molar-refractivity contribution in [3.05, 3.63) is 35.9 Å². The number of rotatable bonds is 3. The van der Waals surface area contributed by atoms with Gasteiger partial charge in [-0.2, -0.15) is 0 Å².